The third-order valence-electron chi connectivity index (χ3n) is 3.81. The van der Waals surface area contributed by atoms with E-state index in [9.17, 15) is 4.79 Å². The molecule has 3 aromatic rings. The van der Waals surface area contributed by atoms with Crippen LogP contribution in [-0.2, 0) is 11.3 Å². The molecule has 0 unspecified atom stereocenters. The summed E-state index contributed by atoms with van der Waals surface area (Å²) in [5.41, 5.74) is 0.777. The number of carbonyl (C=O) groups excluding carboxylic acids is 1. The van der Waals surface area contributed by atoms with Crippen molar-refractivity contribution in [2.24, 2.45) is 0 Å². The Kier molecular flexibility index (Phi) is 5.98. The molecular weight excluding hydrogens is 389 g/mol. The van der Waals surface area contributed by atoms with E-state index in [1.807, 2.05) is 0 Å². The maximum atomic E-state index is 12.5. The lowest BCUT2D eigenvalue weighted by Gasteiger charge is -2.21. The van der Waals surface area contributed by atoms with Crippen LogP contribution in [0.25, 0.3) is 11.4 Å². The number of nitrogens with zero attached hydrogens (tertiary/aromatic N) is 3. The molecule has 0 aliphatic carbocycles. The van der Waals surface area contributed by atoms with Crippen LogP contribution in [0.2, 0.25) is 10.0 Å². The highest BCUT2D eigenvalue weighted by Gasteiger charge is 2.22. The second-order valence-electron chi connectivity index (χ2n) is 5.90. The van der Waals surface area contributed by atoms with E-state index in [1.54, 1.807) is 62.5 Å². The predicted molar refractivity (Wildman–Crippen MR) is 103 cm³/mol. The normalized spacial score (nSPS) is 11.9. The Morgan fingerprint density at radius 2 is 1.89 bits per heavy atom. The van der Waals surface area contributed by atoms with Gasteiger partial charge in [-0.05, 0) is 43.3 Å². The van der Waals surface area contributed by atoms with Crippen molar-refractivity contribution in [1.29, 1.82) is 0 Å². The molecule has 1 heterocycles. The molecule has 6 nitrogen and oxygen atoms in total. The third kappa shape index (κ3) is 4.78. The van der Waals surface area contributed by atoms with Crippen molar-refractivity contribution >= 4 is 29.1 Å². The molecule has 0 N–H and O–H groups in total. The van der Waals surface area contributed by atoms with Gasteiger partial charge < -0.3 is 14.2 Å². The maximum absolute atomic E-state index is 12.5. The van der Waals surface area contributed by atoms with Crippen LogP contribution in [0.3, 0.4) is 0 Å². The number of para-hydroxylation sites is 1. The van der Waals surface area contributed by atoms with Crippen LogP contribution in [0.15, 0.2) is 53.1 Å². The molecule has 0 fully saturated rings. The molecule has 1 aromatic heterocycles. The first-order valence-electron chi connectivity index (χ1n) is 8.18. The smallest absolute Gasteiger partial charge is 0.263 e. The largest absolute Gasteiger partial charge is 0.479 e. The minimum Gasteiger partial charge on any atom is -0.479 e. The second kappa shape index (κ2) is 8.41. The Morgan fingerprint density at radius 3 is 2.59 bits per heavy atom. The highest BCUT2D eigenvalue weighted by Crippen LogP contribution is 2.24. The monoisotopic (exact) mass is 405 g/mol. The number of rotatable bonds is 6. The Bertz CT molecular complexity index is 928. The highest BCUT2D eigenvalue weighted by atomic mass is 35.5. The summed E-state index contributed by atoms with van der Waals surface area (Å²) in [7, 11) is 1.64. The van der Waals surface area contributed by atoms with Gasteiger partial charge in [0.2, 0.25) is 11.7 Å². The van der Waals surface area contributed by atoms with E-state index in [0.717, 1.165) is 5.56 Å². The average molecular weight is 406 g/mol. The molecular formula is C19H17Cl2N3O3. The lowest BCUT2D eigenvalue weighted by atomic mass is 10.2. The average Bonchev–Trinajstić information content (AvgIpc) is 3.12. The van der Waals surface area contributed by atoms with Gasteiger partial charge in [0.15, 0.2) is 6.10 Å². The van der Waals surface area contributed by atoms with E-state index in [4.69, 9.17) is 32.5 Å². The molecule has 0 aliphatic rings. The summed E-state index contributed by atoms with van der Waals surface area (Å²) in [5.74, 6) is 0.973. The van der Waals surface area contributed by atoms with Gasteiger partial charge >= 0.3 is 0 Å². The Hall–Kier alpha value is -2.57. The molecule has 0 spiro atoms. The zero-order valence-electron chi connectivity index (χ0n) is 14.7. The molecule has 0 saturated carbocycles. The zero-order valence-corrected chi connectivity index (χ0v) is 16.2. The van der Waals surface area contributed by atoms with Gasteiger partial charge in [-0.2, -0.15) is 4.98 Å². The van der Waals surface area contributed by atoms with E-state index < -0.39 is 6.10 Å². The number of halogens is 2. The number of amides is 1. The number of ether oxygens (including phenoxy) is 1. The fraction of sp³-hybridized carbons (Fsp3) is 0.211. The topological polar surface area (TPSA) is 68.5 Å². The minimum absolute atomic E-state index is 0.162. The van der Waals surface area contributed by atoms with Crippen LogP contribution in [0.5, 0.6) is 5.75 Å². The molecule has 140 valence electrons. The first kappa shape index (κ1) is 19.2. The first-order valence-corrected chi connectivity index (χ1v) is 8.94. The number of aromatic nitrogens is 2. The Balaban J connectivity index is 1.63. The molecule has 1 amide bonds. The molecule has 0 aliphatic heterocycles. The lowest BCUT2D eigenvalue weighted by molar-refractivity contribution is -0.137. The van der Waals surface area contributed by atoms with Crippen LogP contribution >= 0.6 is 23.2 Å². The summed E-state index contributed by atoms with van der Waals surface area (Å²) in [5, 5.41) is 5.01. The van der Waals surface area contributed by atoms with Gasteiger partial charge in [0.1, 0.15) is 5.75 Å². The number of hydrogen-bond donors (Lipinski definition) is 0. The van der Waals surface area contributed by atoms with Crippen molar-refractivity contribution in [3.8, 4) is 17.1 Å². The molecule has 3 rings (SSSR count). The molecule has 0 radical (unpaired) electrons. The number of hydrogen-bond acceptors (Lipinski definition) is 5. The maximum Gasteiger partial charge on any atom is 0.263 e. The van der Waals surface area contributed by atoms with Gasteiger partial charge in [0.25, 0.3) is 5.91 Å². The number of benzene rings is 2. The van der Waals surface area contributed by atoms with Crippen molar-refractivity contribution in [1.82, 2.24) is 15.0 Å². The van der Waals surface area contributed by atoms with Crippen LogP contribution in [0.4, 0.5) is 0 Å². The van der Waals surface area contributed by atoms with Crippen LogP contribution in [0.1, 0.15) is 12.8 Å². The number of carbonyl (C=O) groups is 1. The summed E-state index contributed by atoms with van der Waals surface area (Å²) < 4.78 is 10.9. The van der Waals surface area contributed by atoms with Crippen molar-refractivity contribution in [3.63, 3.8) is 0 Å². The van der Waals surface area contributed by atoms with Gasteiger partial charge in [-0.3, -0.25) is 4.79 Å². The van der Waals surface area contributed by atoms with Crippen molar-refractivity contribution in [2.75, 3.05) is 7.05 Å². The van der Waals surface area contributed by atoms with Gasteiger partial charge in [0, 0.05) is 17.6 Å². The fourth-order valence-electron chi connectivity index (χ4n) is 2.41. The lowest BCUT2D eigenvalue weighted by Crippen LogP contribution is -2.37. The summed E-state index contributed by atoms with van der Waals surface area (Å²) in [4.78, 5) is 18.3. The molecule has 0 saturated heterocycles. The summed E-state index contributed by atoms with van der Waals surface area (Å²) in [6.07, 6.45) is -0.714. The second-order valence-corrected chi connectivity index (χ2v) is 6.75. The molecule has 1 atom stereocenters. The molecule has 27 heavy (non-hydrogen) atoms. The highest BCUT2D eigenvalue weighted by molar-refractivity contribution is 6.32. The van der Waals surface area contributed by atoms with E-state index in [0.29, 0.717) is 27.5 Å². The van der Waals surface area contributed by atoms with Gasteiger partial charge in [-0.25, -0.2) is 0 Å². The van der Waals surface area contributed by atoms with Crippen molar-refractivity contribution in [2.45, 2.75) is 19.6 Å². The Morgan fingerprint density at radius 1 is 1.19 bits per heavy atom. The Labute approximate surface area is 166 Å². The summed E-state index contributed by atoms with van der Waals surface area (Å²) in [6.45, 7) is 1.82. The third-order valence-corrected chi connectivity index (χ3v) is 4.37. The van der Waals surface area contributed by atoms with Gasteiger partial charge in [-0.15, -0.1) is 0 Å². The molecule has 2 aromatic carbocycles. The predicted octanol–water partition coefficient (Wildman–Crippen LogP) is 4.47. The van der Waals surface area contributed by atoms with Crippen LogP contribution < -0.4 is 4.74 Å². The standard InChI is InChI=1S/C19H17Cl2N3O3/c1-12(26-16-6-4-3-5-15(16)21)19(25)24(2)11-17-22-18(23-27-17)13-7-9-14(20)10-8-13/h3-10,12H,11H2,1-2H3/t12-/m1/s1. The fourth-order valence-corrected chi connectivity index (χ4v) is 2.71. The first-order chi connectivity index (χ1) is 12.9. The minimum atomic E-state index is -0.714. The van der Waals surface area contributed by atoms with E-state index in [1.165, 1.54) is 4.90 Å². The van der Waals surface area contributed by atoms with E-state index in [2.05, 4.69) is 10.1 Å². The number of likely N-dealkylation sites (N-methyl/N-ethyl adjacent to an activating group) is 1. The quantitative estimate of drug-likeness (QED) is 0.604. The summed E-state index contributed by atoms with van der Waals surface area (Å²) in [6, 6.07) is 14.1. The van der Waals surface area contributed by atoms with Crippen molar-refractivity contribution in [3.05, 3.63) is 64.5 Å². The van der Waals surface area contributed by atoms with Crippen LogP contribution in [-0.4, -0.2) is 34.1 Å². The zero-order chi connectivity index (χ0) is 19.4. The van der Waals surface area contributed by atoms with Gasteiger partial charge in [0.05, 0.1) is 11.6 Å². The van der Waals surface area contributed by atoms with Crippen LogP contribution in [0, 0.1) is 0 Å². The molecule has 8 heteroatoms. The molecule has 0 bridgehead atoms. The summed E-state index contributed by atoms with van der Waals surface area (Å²) >= 11 is 11.9. The van der Waals surface area contributed by atoms with Crippen molar-refractivity contribution < 1.29 is 14.1 Å². The van der Waals surface area contributed by atoms with E-state index >= 15 is 0 Å². The van der Waals surface area contributed by atoms with Gasteiger partial charge in [-0.1, -0.05) is 40.5 Å². The van der Waals surface area contributed by atoms with E-state index in [-0.39, 0.29) is 12.5 Å². The SMILES string of the molecule is C[C@@H](Oc1ccccc1Cl)C(=O)N(C)Cc1nc(-c2ccc(Cl)cc2)no1.